The van der Waals surface area contributed by atoms with E-state index >= 15 is 0 Å². The second-order valence-electron chi connectivity index (χ2n) is 7.94. The van der Waals surface area contributed by atoms with Gasteiger partial charge in [-0.15, -0.1) is 0 Å². The van der Waals surface area contributed by atoms with Crippen molar-refractivity contribution in [3.63, 3.8) is 0 Å². The SMILES string of the molecule is CCCCOC(=O)[C@H](C(C)C)N(C)C(=O)[C@H]1CCN(C(=O)C#CCN(C)C)C1. The number of carbonyl (C=O) groups excluding carboxylic acids is 3. The molecule has 158 valence electrons. The van der Waals surface area contributed by atoms with Crippen LogP contribution in [0.15, 0.2) is 0 Å². The van der Waals surface area contributed by atoms with E-state index in [0.717, 1.165) is 12.8 Å². The number of rotatable bonds is 8. The van der Waals surface area contributed by atoms with Gasteiger partial charge in [-0.2, -0.15) is 0 Å². The van der Waals surface area contributed by atoms with Crippen LogP contribution in [0.25, 0.3) is 0 Å². The van der Waals surface area contributed by atoms with Gasteiger partial charge >= 0.3 is 5.97 Å². The topological polar surface area (TPSA) is 70.2 Å². The minimum Gasteiger partial charge on any atom is -0.464 e. The molecule has 28 heavy (non-hydrogen) atoms. The van der Waals surface area contributed by atoms with Gasteiger partial charge in [-0.3, -0.25) is 14.5 Å². The summed E-state index contributed by atoms with van der Waals surface area (Å²) in [4.78, 5) is 42.6. The average molecular weight is 394 g/mol. The lowest BCUT2D eigenvalue weighted by molar-refractivity contribution is -0.157. The molecule has 0 aromatic heterocycles. The number of likely N-dealkylation sites (tertiary alicyclic amines) is 1. The molecule has 0 radical (unpaired) electrons. The van der Waals surface area contributed by atoms with Crippen molar-refractivity contribution in [2.75, 3.05) is 47.4 Å². The number of amides is 2. The first-order valence-corrected chi connectivity index (χ1v) is 10.0. The highest BCUT2D eigenvalue weighted by atomic mass is 16.5. The number of nitrogens with zero attached hydrogens (tertiary/aromatic N) is 3. The largest absolute Gasteiger partial charge is 0.464 e. The first kappa shape index (κ1) is 24.0. The van der Waals surface area contributed by atoms with E-state index in [9.17, 15) is 14.4 Å². The van der Waals surface area contributed by atoms with Gasteiger partial charge in [0.1, 0.15) is 6.04 Å². The van der Waals surface area contributed by atoms with Crippen LogP contribution in [-0.4, -0.2) is 85.9 Å². The summed E-state index contributed by atoms with van der Waals surface area (Å²) >= 11 is 0. The molecule has 1 saturated heterocycles. The Morgan fingerprint density at radius 3 is 2.46 bits per heavy atom. The zero-order valence-electron chi connectivity index (χ0n) is 18.2. The predicted octanol–water partition coefficient (Wildman–Crippen LogP) is 1.23. The van der Waals surface area contributed by atoms with Gasteiger partial charge in [0.2, 0.25) is 5.91 Å². The van der Waals surface area contributed by atoms with Crippen molar-refractivity contribution >= 4 is 17.8 Å². The number of hydrogen-bond donors (Lipinski definition) is 0. The van der Waals surface area contributed by atoms with Crippen LogP contribution in [0.3, 0.4) is 0 Å². The molecule has 1 fully saturated rings. The standard InChI is InChI=1S/C21H35N3O4/c1-7-8-14-28-21(27)19(16(2)3)23(6)20(26)17-11-13-24(15-17)18(25)10-9-12-22(4)5/h16-17,19H,7-8,11-15H2,1-6H3/t17-,19-/m0/s1. The molecular weight excluding hydrogens is 358 g/mol. The highest BCUT2D eigenvalue weighted by Crippen LogP contribution is 2.21. The molecule has 1 rings (SSSR count). The van der Waals surface area contributed by atoms with Crippen molar-refractivity contribution in [3.8, 4) is 11.8 Å². The number of esters is 1. The minimum atomic E-state index is -0.617. The van der Waals surface area contributed by atoms with E-state index in [1.807, 2.05) is 39.8 Å². The molecule has 0 spiro atoms. The molecule has 0 aliphatic carbocycles. The van der Waals surface area contributed by atoms with Crippen molar-refractivity contribution in [2.24, 2.45) is 11.8 Å². The van der Waals surface area contributed by atoms with Crippen molar-refractivity contribution < 1.29 is 19.1 Å². The van der Waals surface area contributed by atoms with Gasteiger partial charge in [-0.1, -0.05) is 33.1 Å². The second kappa shape index (κ2) is 11.7. The van der Waals surface area contributed by atoms with E-state index < -0.39 is 6.04 Å². The van der Waals surface area contributed by atoms with Gasteiger partial charge in [0.25, 0.3) is 5.91 Å². The molecule has 0 N–H and O–H groups in total. The summed E-state index contributed by atoms with van der Waals surface area (Å²) in [6, 6.07) is -0.617. The highest BCUT2D eigenvalue weighted by molar-refractivity contribution is 5.94. The first-order valence-electron chi connectivity index (χ1n) is 10.0. The van der Waals surface area contributed by atoms with Crippen molar-refractivity contribution in [3.05, 3.63) is 0 Å². The Hall–Kier alpha value is -2.07. The lowest BCUT2D eigenvalue weighted by Gasteiger charge is -2.31. The predicted molar refractivity (Wildman–Crippen MR) is 108 cm³/mol. The third-order valence-corrected chi connectivity index (χ3v) is 4.80. The second-order valence-corrected chi connectivity index (χ2v) is 7.94. The smallest absolute Gasteiger partial charge is 0.329 e. The Morgan fingerprint density at radius 2 is 1.89 bits per heavy atom. The summed E-state index contributed by atoms with van der Waals surface area (Å²) in [5.74, 6) is 4.36. The van der Waals surface area contributed by atoms with Gasteiger partial charge in [0, 0.05) is 20.1 Å². The lowest BCUT2D eigenvalue weighted by Crippen LogP contribution is -2.49. The van der Waals surface area contributed by atoms with Crippen molar-refractivity contribution in [1.29, 1.82) is 0 Å². The van der Waals surface area contributed by atoms with Crippen molar-refractivity contribution in [1.82, 2.24) is 14.7 Å². The van der Waals surface area contributed by atoms with Crippen LogP contribution >= 0.6 is 0 Å². The summed E-state index contributed by atoms with van der Waals surface area (Å²) in [6.07, 6.45) is 2.33. The van der Waals surface area contributed by atoms with Gasteiger partial charge in [0.05, 0.1) is 19.1 Å². The maximum absolute atomic E-state index is 12.9. The van der Waals surface area contributed by atoms with Gasteiger partial charge in [-0.25, -0.2) is 4.79 Å². The number of likely N-dealkylation sites (N-methyl/N-ethyl adjacent to an activating group) is 1. The van der Waals surface area contributed by atoms with Crippen LogP contribution in [0.2, 0.25) is 0 Å². The van der Waals surface area contributed by atoms with Crippen molar-refractivity contribution in [2.45, 2.75) is 46.1 Å². The fraction of sp³-hybridized carbons (Fsp3) is 0.762. The summed E-state index contributed by atoms with van der Waals surface area (Å²) in [5.41, 5.74) is 0. The van der Waals surface area contributed by atoms with Crippen LogP contribution in [-0.2, 0) is 19.1 Å². The molecule has 0 aromatic rings. The van der Waals surface area contributed by atoms with Gasteiger partial charge < -0.3 is 14.5 Å². The van der Waals surface area contributed by atoms with Crippen LogP contribution < -0.4 is 0 Å². The molecule has 0 saturated carbocycles. The van der Waals surface area contributed by atoms with Crippen LogP contribution in [0, 0.1) is 23.7 Å². The summed E-state index contributed by atoms with van der Waals surface area (Å²) < 4.78 is 5.34. The van der Waals surface area contributed by atoms with E-state index in [4.69, 9.17) is 4.74 Å². The number of carbonyl (C=O) groups is 3. The molecule has 0 bridgehead atoms. The number of ether oxygens (including phenoxy) is 1. The Morgan fingerprint density at radius 1 is 1.21 bits per heavy atom. The third kappa shape index (κ3) is 7.16. The first-order chi connectivity index (χ1) is 13.2. The fourth-order valence-corrected chi connectivity index (χ4v) is 3.20. The molecule has 1 aliphatic heterocycles. The maximum Gasteiger partial charge on any atom is 0.329 e. The van der Waals surface area contributed by atoms with E-state index in [2.05, 4.69) is 11.8 Å². The molecule has 1 heterocycles. The molecule has 0 unspecified atom stereocenters. The molecule has 0 aromatic carbocycles. The van der Waals surface area contributed by atoms with Gasteiger partial charge in [-0.05, 0) is 38.8 Å². The van der Waals surface area contributed by atoms with E-state index in [-0.39, 0.29) is 29.6 Å². The number of hydrogen-bond acceptors (Lipinski definition) is 5. The minimum absolute atomic E-state index is 0.0564. The zero-order chi connectivity index (χ0) is 21.3. The maximum atomic E-state index is 12.9. The summed E-state index contributed by atoms with van der Waals surface area (Å²) in [6.45, 7) is 7.57. The molecule has 7 nitrogen and oxygen atoms in total. The fourth-order valence-electron chi connectivity index (χ4n) is 3.20. The quantitative estimate of drug-likeness (QED) is 0.352. The van der Waals surface area contributed by atoms with Gasteiger partial charge in [0.15, 0.2) is 0 Å². The number of unbranched alkanes of at least 4 members (excludes halogenated alkanes) is 1. The Balaban J connectivity index is 2.69. The normalized spacial score (nSPS) is 17.3. The third-order valence-electron chi connectivity index (χ3n) is 4.80. The molecule has 2 amide bonds. The molecule has 2 atom stereocenters. The van der Waals surface area contributed by atoms with Crippen LogP contribution in [0.4, 0.5) is 0 Å². The molecular formula is C21H35N3O4. The Bertz CT molecular complexity index is 607. The summed E-state index contributed by atoms with van der Waals surface area (Å²) in [5, 5.41) is 0. The monoisotopic (exact) mass is 393 g/mol. The Labute approximate surface area is 169 Å². The van der Waals surface area contributed by atoms with E-state index in [0.29, 0.717) is 32.7 Å². The lowest BCUT2D eigenvalue weighted by atomic mass is 10.00. The Kier molecular flexibility index (Phi) is 10.0. The molecule has 1 aliphatic rings. The van der Waals surface area contributed by atoms with Crippen LogP contribution in [0.5, 0.6) is 0 Å². The van der Waals surface area contributed by atoms with Crippen LogP contribution in [0.1, 0.15) is 40.0 Å². The van der Waals surface area contributed by atoms with E-state index in [1.165, 1.54) is 4.90 Å². The van der Waals surface area contributed by atoms with E-state index in [1.54, 1.807) is 11.9 Å². The highest BCUT2D eigenvalue weighted by Gasteiger charge is 2.37. The average Bonchev–Trinajstić information content (AvgIpc) is 3.10. The zero-order valence-corrected chi connectivity index (χ0v) is 18.2. The molecule has 7 heteroatoms. The summed E-state index contributed by atoms with van der Waals surface area (Å²) in [7, 11) is 5.42.